The molecular weight excluding hydrogens is 206 g/mol. The lowest BCUT2D eigenvalue weighted by molar-refractivity contribution is 0.0911. The van der Waals surface area contributed by atoms with Crippen molar-refractivity contribution < 1.29 is 9.90 Å². The first-order valence-corrected chi connectivity index (χ1v) is 5.34. The van der Waals surface area contributed by atoms with Crippen LogP contribution in [0.25, 0.3) is 0 Å². The van der Waals surface area contributed by atoms with Gasteiger partial charge in [-0.25, -0.2) is 0 Å². The summed E-state index contributed by atoms with van der Waals surface area (Å²) in [5.41, 5.74) is 6.75. The van der Waals surface area contributed by atoms with Crippen LogP contribution in [-0.4, -0.2) is 28.2 Å². The van der Waals surface area contributed by atoms with Gasteiger partial charge in [0.05, 0.1) is 12.3 Å². The van der Waals surface area contributed by atoms with E-state index in [9.17, 15) is 4.79 Å². The van der Waals surface area contributed by atoms with Gasteiger partial charge in [-0.3, -0.25) is 4.79 Å². The second kappa shape index (κ2) is 5.03. The van der Waals surface area contributed by atoms with E-state index in [1.807, 2.05) is 18.4 Å². The Morgan fingerprint density at radius 2 is 2.19 bits per heavy atom. The number of carbonyl (C=O) groups excluding carboxylic acids is 1. The molecule has 0 spiro atoms. The number of nitrogen functional groups attached to an aromatic ring is 1. The Morgan fingerprint density at radius 3 is 2.69 bits per heavy atom. The van der Waals surface area contributed by atoms with Crippen LogP contribution in [0.5, 0.6) is 0 Å². The lowest BCUT2D eigenvalue weighted by atomic mass is 10.3. The lowest BCUT2D eigenvalue weighted by Crippen LogP contribution is -2.36. The number of hydrogen-bond acceptors (Lipinski definition) is 3. The monoisotopic (exact) mass is 225 g/mol. The molecule has 1 amide bonds. The molecule has 1 aromatic rings. The molecule has 0 radical (unpaired) electrons. The Labute approximate surface area is 95.3 Å². The largest absolute Gasteiger partial charge is 0.397 e. The zero-order chi connectivity index (χ0) is 12.3. The van der Waals surface area contributed by atoms with Crippen molar-refractivity contribution in [3.8, 4) is 0 Å². The average Bonchev–Trinajstić information content (AvgIpc) is 2.60. The fourth-order valence-corrected chi connectivity index (χ4v) is 1.45. The Hall–Kier alpha value is -1.49. The van der Waals surface area contributed by atoms with Gasteiger partial charge in [0.1, 0.15) is 5.69 Å². The number of amides is 1. The van der Waals surface area contributed by atoms with E-state index in [0.29, 0.717) is 11.4 Å². The van der Waals surface area contributed by atoms with Gasteiger partial charge in [-0.15, -0.1) is 0 Å². The van der Waals surface area contributed by atoms with Gasteiger partial charge in [-0.05, 0) is 26.8 Å². The Kier molecular flexibility index (Phi) is 3.95. The summed E-state index contributed by atoms with van der Waals surface area (Å²) in [7, 11) is 0. The highest BCUT2D eigenvalue weighted by Gasteiger charge is 2.16. The van der Waals surface area contributed by atoms with Gasteiger partial charge in [0.15, 0.2) is 0 Å². The number of anilines is 1. The maximum Gasteiger partial charge on any atom is 0.268 e. The van der Waals surface area contributed by atoms with Crippen molar-refractivity contribution in [3.63, 3.8) is 0 Å². The predicted octanol–water partition coefficient (Wildman–Crippen LogP) is 0.762. The second-order valence-electron chi connectivity index (χ2n) is 4.22. The number of nitrogens with one attached hydrogen (secondary N) is 1. The first-order chi connectivity index (χ1) is 7.45. The molecular formula is C11H19N3O2. The van der Waals surface area contributed by atoms with Crippen LogP contribution in [0.2, 0.25) is 0 Å². The summed E-state index contributed by atoms with van der Waals surface area (Å²) in [5.74, 6) is -0.216. The smallest absolute Gasteiger partial charge is 0.268 e. The van der Waals surface area contributed by atoms with E-state index in [4.69, 9.17) is 10.8 Å². The molecule has 0 fully saturated rings. The third-order valence-corrected chi connectivity index (χ3v) is 2.31. The van der Waals surface area contributed by atoms with Crippen molar-refractivity contribution in [1.82, 2.24) is 9.88 Å². The molecule has 0 aliphatic carbocycles. The third kappa shape index (κ3) is 2.76. The Balaban J connectivity index is 2.90. The van der Waals surface area contributed by atoms with Gasteiger partial charge in [0.25, 0.3) is 5.91 Å². The fraction of sp³-hybridized carbons (Fsp3) is 0.545. The van der Waals surface area contributed by atoms with Crippen LogP contribution >= 0.6 is 0 Å². The quantitative estimate of drug-likeness (QED) is 0.707. The molecule has 5 nitrogen and oxygen atoms in total. The summed E-state index contributed by atoms with van der Waals surface area (Å²) in [4.78, 5) is 11.9. The van der Waals surface area contributed by atoms with Crippen molar-refractivity contribution in [2.45, 2.75) is 32.9 Å². The van der Waals surface area contributed by atoms with Crippen molar-refractivity contribution in [3.05, 3.63) is 18.0 Å². The molecule has 0 aliphatic rings. The number of rotatable bonds is 4. The molecule has 1 heterocycles. The summed E-state index contributed by atoms with van der Waals surface area (Å²) >= 11 is 0. The third-order valence-electron chi connectivity index (χ3n) is 2.31. The summed E-state index contributed by atoms with van der Waals surface area (Å²) in [5, 5.41) is 11.6. The van der Waals surface area contributed by atoms with E-state index >= 15 is 0 Å². The van der Waals surface area contributed by atoms with Crippen LogP contribution in [0, 0.1) is 0 Å². The predicted molar refractivity (Wildman–Crippen MR) is 63.2 cm³/mol. The van der Waals surface area contributed by atoms with E-state index in [2.05, 4.69) is 5.32 Å². The number of hydrogen-bond donors (Lipinski definition) is 3. The number of aliphatic hydroxyl groups is 1. The Morgan fingerprint density at radius 1 is 1.56 bits per heavy atom. The lowest BCUT2D eigenvalue weighted by Gasteiger charge is -2.15. The van der Waals surface area contributed by atoms with Crippen molar-refractivity contribution >= 4 is 11.6 Å². The minimum absolute atomic E-state index is 0.0798. The SMILES string of the molecule is CC(C)n1cc(N)cc1C(=O)N[C@@H](C)CO. The molecule has 0 unspecified atom stereocenters. The minimum atomic E-state index is -0.260. The Bertz CT molecular complexity index is 371. The maximum atomic E-state index is 11.9. The summed E-state index contributed by atoms with van der Waals surface area (Å²) in [6, 6.07) is 1.55. The molecule has 1 aromatic heterocycles. The number of nitrogens with zero attached hydrogens (tertiary/aromatic N) is 1. The summed E-state index contributed by atoms with van der Waals surface area (Å²) < 4.78 is 1.81. The highest BCUT2D eigenvalue weighted by Crippen LogP contribution is 2.16. The highest BCUT2D eigenvalue weighted by atomic mass is 16.3. The minimum Gasteiger partial charge on any atom is -0.397 e. The van der Waals surface area contributed by atoms with E-state index in [1.54, 1.807) is 19.2 Å². The number of aromatic nitrogens is 1. The first kappa shape index (κ1) is 12.6. The number of aliphatic hydroxyl groups excluding tert-OH is 1. The topological polar surface area (TPSA) is 80.3 Å². The van der Waals surface area contributed by atoms with Gasteiger partial charge in [0, 0.05) is 18.3 Å². The second-order valence-corrected chi connectivity index (χ2v) is 4.22. The van der Waals surface area contributed by atoms with E-state index in [1.165, 1.54) is 0 Å². The van der Waals surface area contributed by atoms with Gasteiger partial charge < -0.3 is 20.7 Å². The molecule has 1 atom stereocenters. The molecule has 0 saturated heterocycles. The summed E-state index contributed by atoms with van der Waals surface area (Å²) in [6.45, 7) is 5.62. The van der Waals surface area contributed by atoms with Crippen LogP contribution in [-0.2, 0) is 0 Å². The van der Waals surface area contributed by atoms with Crippen molar-refractivity contribution in [1.29, 1.82) is 0 Å². The maximum absolute atomic E-state index is 11.9. The molecule has 4 N–H and O–H groups in total. The molecule has 1 rings (SSSR count). The van der Waals surface area contributed by atoms with Gasteiger partial charge in [-0.1, -0.05) is 0 Å². The van der Waals surface area contributed by atoms with Crippen molar-refractivity contribution in [2.24, 2.45) is 0 Å². The van der Waals surface area contributed by atoms with Crippen LogP contribution in [0.1, 0.15) is 37.3 Å². The summed E-state index contributed by atoms with van der Waals surface area (Å²) in [6.07, 6.45) is 1.74. The fourth-order valence-electron chi connectivity index (χ4n) is 1.45. The number of nitrogens with two attached hydrogens (primary N) is 1. The first-order valence-electron chi connectivity index (χ1n) is 5.34. The molecule has 90 valence electrons. The van der Waals surface area contributed by atoms with E-state index < -0.39 is 0 Å². The number of carbonyl (C=O) groups is 1. The average molecular weight is 225 g/mol. The van der Waals surface area contributed by atoms with Crippen molar-refractivity contribution in [2.75, 3.05) is 12.3 Å². The van der Waals surface area contributed by atoms with Crippen LogP contribution in [0.15, 0.2) is 12.3 Å². The molecule has 5 heteroatoms. The van der Waals surface area contributed by atoms with Crippen LogP contribution in [0.4, 0.5) is 5.69 Å². The molecule has 0 saturated carbocycles. The highest BCUT2D eigenvalue weighted by molar-refractivity contribution is 5.94. The molecule has 0 bridgehead atoms. The zero-order valence-electron chi connectivity index (χ0n) is 9.90. The van der Waals surface area contributed by atoms with Gasteiger partial charge >= 0.3 is 0 Å². The van der Waals surface area contributed by atoms with E-state index in [-0.39, 0.29) is 24.6 Å². The zero-order valence-corrected chi connectivity index (χ0v) is 9.90. The standard InChI is InChI=1S/C11H19N3O2/c1-7(2)14-5-9(12)4-10(14)11(16)13-8(3)6-15/h4-5,7-8,15H,6,12H2,1-3H3,(H,13,16)/t8-/m0/s1. The van der Waals surface area contributed by atoms with Gasteiger partial charge in [0.2, 0.25) is 0 Å². The van der Waals surface area contributed by atoms with Crippen LogP contribution in [0.3, 0.4) is 0 Å². The molecule has 0 aromatic carbocycles. The normalized spacial score (nSPS) is 12.8. The molecule has 0 aliphatic heterocycles. The van der Waals surface area contributed by atoms with Gasteiger partial charge in [-0.2, -0.15) is 0 Å². The molecule has 16 heavy (non-hydrogen) atoms. The van der Waals surface area contributed by atoms with E-state index in [0.717, 1.165) is 0 Å². The van der Waals surface area contributed by atoms with Crippen LogP contribution < -0.4 is 11.1 Å².